The molecule has 0 spiro atoms. The quantitative estimate of drug-likeness (QED) is 0.591. The van der Waals surface area contributed by atoms with Gasteiger partial charge in [0.15, 0.2) is 6.10 Å². The van der Waals surface area contributed by atoms with Gasteiger partial charge in [-0.05, 0) is 6.92 Å². The van der Waals surface area contributed by atoms with Gasteiger partial charge < -0.3 is 15.3 Å². The number of carbonyl (C=O) groups is 1. The van der Waals surface area contributed by atoms with Gasteiger partial charge in [0, 0.05) is 11.8 Å². The Kier molecular flexibility index (Phi) is 3.60. The van der Waals surface area contributed by atoms with Gasteiger partial charge in [-0.3, -0.25) is 4.68 Å². The van der Waals surface area contributed by atoms with Crippen molar-refractivity contribution >= 4 is 5.97 Å². The summed E-state index contributed by atoms with van der Waals surface area (Å²) >= 11 is 0. The predicted molar refractivity (Wildman–Crippen MR) is 51.2 cm³/mol. The molecule has 1 rings (SSSR count). The molecule has 3 atom stereocenters. The maximum atomic E-state index is 10.6. The lowest BCUT2D eigenvalue weighted by Gasteiger charge is -2.09. The molecule has 1 aromatic heterocycles. The van der Waals surface area contributed by atoms with Crippen LogP contribution < -0.4 is 0 Å². The zero-order valence-electron chi connectivity index (χ0n) is 8.48. The van der Waals surface area contributed by atoms with Crippen LogP contribution in [0.4, 0.5) is 0 Å². The van der Waals surface area contributed by atoms with E-state index < -0.39 is 24.2 Å². The molecule has 7 nitrogen and oxygen atoms in total. The van der Waals surface area contributed by atoms with Crippen molar-refractivity contribution in [2.75, 3.05) is 0 Å². The molecule has 0 radical (unpaired) electrons. The minimum Gasteiger partial charge on any atom is -0.480 e. The van der Waals surface area contributed by atoms with Gasteiger partial charge in [-0.2, -0.15) is 10.4 Å². The Hall–Kier alpha value is -1.91. The van der Waals surface area contributed by atoms with Crippen molar-refractivity contribution in [3.63, 3.8) is 0 Å². The minimum absolute atomic E-state index is 0.196. The van der Waals surface area contributed by atoms with Gasteiger partial charge in [-0.15, -0.1) is 0 Å². The fourth-order valence-corrected chi connectivity index (χ4v) is 1.08. The number of carboxylic acids is 1. The van der Waals surface area contributed by atoms with E-state index in [1.165, 1.54) is 25.4 Å². The van der Waals surface area contributed by atoms with E-state index >= 15 is 0 Å². The molecule has 7 heteroatoms. The van der Waals surface area contributed by atoms with Gasteiger partial charge in [-0.25, -0.2) is 4.79 Å². The number of aliphatic hydroxyl groups excluding tert-OH is 2. The summed E-state index contributed by atoms with van der Waals surface area (Å²) in [5.41, 5.74) is 0.196. The second kappa shape index (κ2) is 4.74. The summed E-state index contributed by atoms with van der Waals surface area (Å²) in [7, 11) is 0. The van der Waals surface area contributed by atoms with Crippen LogP contribution in [0.15, 0.2) is 12.4 Å². The summed E-state index contributed by atoms with van der Waals surface area (Å²) in [6.45, 7) is 1.42. The molecule has 0 saturated heterocycles. The number of hydrogen-bond acceptors (Lipinski definition) is 5. The number of aromatic nitrogens is 2. The van der Waals surface area contributed by atoms with Gasteiger partial charge in [0.25, 0.3) is 0 Å². The first-order chi connectivity index (χ1) is 7.47. The van der Waals surface area contributed by atoms with Gasteiger partial charge in [0.2, 0.25) is 0 Å². The van der Waals surface area contributed by atoms with Gasteiger partial charge in [0.1, 0.15) is 12.1 Å². The van der Waals surface area contributed by atoms with Crippen LogP contribution >= 0.6 is 0 Å². The van der Waals surface area contributed by atoms with Crippen LogP contribution in [0.2, 0.25) is 0 Å². The monoisotopic (exact) mass is 225 g/mol. The van der Waals surface area contributed by atoms with Gasteiger partial charge in [0.05, 0.1) is 12.3 Å². The summed E-state index contributed by atoms with van der Waals surface area (Å²) in [5.74, 6) is -1.06. The topological polar surface area (TPSA) is 119 Å². The Morgan fingerprint density at radius 1 is 1.62 bits per heavy atom. The number of carboxylic acid groups (broad SMARTS) is 1. The highest BCUT2D eigenvalue weighted by atomic mass is 16.4. The lowest BCUT2D eigenvalue weighted by Crippen LogP contribution is -2.17. The third-order valence-corrected chi connectivity index (χ3v) is 2.15. The molecule has 0 aliphatic rings. The first-order valence-corrected chi connectivity index (χ1v) is 4.50. The average molecular weight is 225 g/mol. The largest absolute Gasteiger partial charge is 0.480 e. The van der Waals surface area contributed by atoms with Crippen molar-refractivity contribution in [3.8, 4) is 6.07 Å². The molecule has 0 fully saturated rings. The van der Waals surface area contributed by atoms with Gasteiger partial charge >= 0.3 is 5.97 Å². The third kappa shape index (κ3) is 2.36. The lowest BCUT2D eigenvalue weighted by atomic mass is 10.1. The summed E-state index contributed by atoms with van der Waals surface area (Å²) in [6.07, 6.45) is -0.452. The Labute approximate surface area is 91.2 Å². The third-order valence-electron chi connectivity index (χ3n) is 2.15. The van der Waals surface area contributed by atoms with Crippen LogP contribution in [0.5, 0.6) is 0 Å². The van der Waals surface area contributed by atoms with E-state index in [0.717, 1.165) is 4.68 Å². The first kappa shape index (κ1) is 12.2. The van der Waals surface area contributed by atoms with Crippen molar-refractivity contribution < 1.29 is 20.1 Å². The maximum absolute atomic E-state index is 10.6. The molecule has 2 unspecified atom stereocenters. The molecule has 0 bridgehead atoms. The predicted octanol–water partition coefficient (Wildman–Crippen LogP) is -0.553. The van der Waals surface area contributed by atoms with Crippen LogP contribution in [0.3, 0.4) is 0 Å². The molecule has 16 heavy (non-hydrogen) atoms. The average Bonchev–Trinajstić information content (AvgIpc) is 2.74. The Morgan fingerprint density at radius 3 is 2.75 bits per heavy atom. The maximum Gasteiger partial charge on any atom is 0.328 e. The molecule has 0 aromatic carbocycles. The Balaban J connectivity index is 2.87. The SMILES string of the molecule is C[C@@H](C(=O)O)n1cc(C(O)C(O)C#N)cn1. The van der Waals surface area contributed by atoms with Crippen molar-refractivity contribution in [3.05, 3.63) is 18.0 Å². The number of rotatable bonds is 4. The number of nitrogens with zero attached hydrogens (tertiary/aromatic N) is 3. The van der Waals surface area contributed by atoms with Crippen LogP contribution in [0.1, 0.15) is 24.6 Å². The van der Waals surface area contributed by atoms with Crippen LogP contribution in [-0.2, 0) is 4.79 Å². The fourth-order valence-electron chi connectivity index (χ4n) is 1.08. The lowest BCUT2D eigenvalue weighted by molar-refractivity contribution is -0.140. The van der Waals surface area contributed by atoms with Crippen molar-refractivity contribution in [1.29, 1.82) is 5.26 Å². The molecular formula is C9H11N3O4. The summed E-state index contributed by atoms with van der Waals surface area (Å²) in [5, 5.41) is 39.4. The molecule has 0 aliphatic carbocycles. The molecule has 1 aromatic rings. The number of hydrogen-bond donors (Lipinski definition) is 3. The zero-order valence-corrected chi connectivity index (χ0v) is 8.48. The smallest absolute Gasteiger partial charge is 0.328 e. The van der Waals surface area contributed by atoms with Crippen molar-refractivity contribution in [2.45, 2.75) is 25.2 Å². The van der Waals surface area contributed by atoms with E-state index in [0.29, 0.717) is 0 Å². The Bertz CT molecular complexity index is 423. The molecule has 86 valence electrons. The molecule has 3 N–H and O–H groups in total. The van der Waals surface area contributed by atoms with E-state index in [9.17, 15) is 9.90 Å². The first-order valence-electron chi connectivity index (χ1n) is 4.50. The minimum atomic E-state index is -1.56. The van der Waals surface area contributed by atoms with E-state index in [2.05, 4.69) is 5.10 Å². The van der Waals surface area contributed by atoms with Crippen molar-refractivity contribution in [1.82, 2.24) is 9.78 Å². The summed E-state index contributed by atoms with van der Waals surface area (Å²) in [4.78, 5) is 10.6. The van der Waals surface area contributed by atoms with E-state index in [1.807, 2.05) is 0 Å². The standard InChI is InChI=1S/C9H11N3O4/c1-5(9(15)16)12-4-6(3-11-12)8(14)7(13)2-10/h3-5,7-8,13-14H,1H3,(H,15,16)/t5-,7?,8?/m0/s1. The van der Waals surface area contributed by atoms with Gasteiger partial charge in [-0.1, -0.05) is 0 Å². The highest BCUT2D eigenvalue weighted by molar-refractivity contribution is 5.71. The van der Waals surface area contributed by atoms with E-state index in [4.69, 9.17) is 15.5 Å². The highest BCUT2D eigenvalue weighted by Crippen LogP contribution is 2.17. The Morgan fingerprint density at radius 2 is 2.25 bits per heavy atom. The van der Waals surface area contributed by atoms with Crippen molar-refractivity contribution in [2.24, 2.45) is 0 Å². The normalized spacial score (nSPS) is 16.1. The second-order valence-electron chi connectivity index (χ2n) is 3.29. The number of aliphatic carboxylic acids is 1. The van der Waals surface area contributed by atoms with E-state index in [1.54, 1.807) is 0 Å². The molecule has 1 heterocycles. The summed E-state index contributed by atoms with van der Waals surface area (Å²) < 4.78 is 1.13. The van der Waals surface area contributed by atoms with E-state index in [-0.39, 0.29) is 5.56 Å². The second-order valence-corrected chi connectivity index (χ2v) is 3.29. The molecule has 0 amide bonds. The zero-order chi connectivity index (χ0) is 12.3. The number of aliphatic hydroxyl groups is 2. The molecule has 0 aliphatic heterocycles. The molecular weight excluding hydrogens is 214 g/mol. The number of nitriles is 1. The summed E-state index contributed by atoms with van der Waals surface area (Å²) in [6, 6.07) is 0.602. The van der Waals surface area contributed by atoms with Crippen LogP contribution in [-0.4, -0.2) is 37.2 Å². The highest BCUT2D eigenvalue weighted by Gasteiger charge is 2.21. The van der Waals surface area contributed by atoms with Crippen LogP contribution in [0.25, 0.3) is 0 Å². The van der Waals surface area contributed by atoms with Crippen LogP contribution in [0, 0.1) is 11.3 Å². The molecule has 0 saturated carbocycles. The fraction of sp³-hybridized carbons (Fsp3) is 0.444.